The van der Waals surface area contributed by atoms with Gasteiger partial charge in [0.2, 0.25) is 0 Å². The van der Waals surface area contributed by atoms with Crippen LogP contribution < -0.4 is 10.9 Å². The Hall–Kier alpha value is -2.94. The highest BCUT2D eigenvalue weighted by atomic mass is 32.1. The molecule has 1 amide bonds. The Balaban J connectivity index is 1.78. The maximum absolute atomic E-state index is 12.6. The Kier molecular flexibility index (Phi) is 5.37. The number of carbonyl (C=O) groups is 1. The number of alkyl halides is 3. The number of hydrogen-bond donors (Lipinski definition) is 2. The number of nitrogens with one attached hydrogen (secondary N) is 2. The number of H-pyrrole nitrogens is 1. The molecule has 0 saturated heterocycles. The summed E-state index contributed by atoms with van der Waals surface area (Å²) < 4.78 is 39.4. The van der Waals surface area contributed by atoms with Crippen LogP contribution in [0.4, 0.5) is 13.2 Å². The molecule has 0 atom stereocenters. The average molecular weight is 407 g/mol. The smallest absolute Gasteiger partial charge is 0.348 e. The lowest BCUT2D eigenvalue weighted by Gasteiger charge is -2.10. The first kappa shape index (κ1) is 19.8. The third-order valence-electron chi connectivity index (χ3n) is 4.29. The Labute approximate surface area is 162 Å². The number of aromatic nitrogens is 2. The zero-order chi connectivity index (χ0) is 20.5. The molecule has 0 aliphatic carbocycles. The van der Waals surface area contributed by atoms with Crippen molar-refractivity contribution in [3.05, 3.63) is 74.3 Å². The van der Waals surface area contributed by atoms with Gasteiger partial charge in [0, 0.05) is 18.7 Å². The molecule has 0 spiro atoms. The van der Waals surface area contributed by atoms with Gasteiger partial charge in [-0.25, -0.2) is 0 Å². The van der Waals surface area contributed by atoms with Gasteiger partial charge in [0.15, 0.2) is 4.77 Å². The first-order valence-corrected chi connectivity index (χ1v) is 8.82. The molecule has 3 aromatic rings. The van der Waals surface area contributed by atoms with Gasteiger partial charge in [-0.05, 0) is 55.0 Å². The Bertz CT molecular complexity index is 1150. The van der Waals surface area contributed by atoms with Crippen LogP contribution in [0.15, 0.2) is 47.3 Å². The van der Waals surface area contributed by atoms with Gasteiger partial charge in [0.1, 0.15) is 0 Å². The van der Waals surface area contributed by atoms with E-state index in [4.69, 9.17) is 12.2 Å². The summed E-state index contributed by atoms with van der Waals surface area (Å²) in [5.74, 6) is -0.416. The minimum absolute atomic E-state index is 0.0719. The van der Waals surface area contributed by atoms with E-state index in [1.54, 1.807) is 13.0 Å². The van der Waals surface area contributed by atoms with Gasteiger partial charge in [-0.15, -0.1) is 0 Å². The quantitative estimate of drug-likeness (QED) is 0.642. The van der Waals surface area contributed by atoms with Crippen LogP contribution in [0.1, 0.15) is 28.4 Å². The number of nitrogens with zero attached hydrogens (tertiary/aromatic N) is 1. The molecule has 146 valence electrons. The van der Waals surface area contributed by atoms with E-state index in [9.17, 15) is 22.8 Å². The van der Waals surface area contributed by atoms with Crippen molar-refractivity contribution in [2.24, 2.45) is 0 Å². The summed E-state index contributed by atoms with van der Waals surface area (Å²) in [5, 5.41) is 3.06. The van der Waals surface area contributed by atoms with Crippen LogP contribution in [0, 0.1) is 4.77 Å². The standard InChI is InChI=1S/C19H16F3N3O2S/c1-2-25-17(27)14-8-5-12(9-15(14)24-18(25)28)16(26)23-10-11-3-6-13(7-4-11)19(20,21)22/h3-9H,2,10H2,1H3,(H,23,26)(H,24,28). The van der Waals surface area contributed by atoms with Gasteiger partial charge in [-0.1, -0.05) is 12.1 Å². The fourth-order valence-corrected chi connectivity index (χ4v) is 3.10. The number of rotatable bonds is 4. The maximum Gasteiger partial charge on any atom is 0.416 e. The second-order valence-electron chi connectivity index (χ2n) is 6.12. The topological polar surface area (TPSA) is 66.9 Å². The average Bonchev–Trinajstić information content (AvgIpc) is 2.65. The molecule has 2 aromatic carbocycles. The third kappa shape index (κ3) is 3.99. The molecule has 2 N–H and O–H groups in total. The summed E-state index contributed by atoms with van der Waals surface area (Å²) in [4.78, 5) is 27.7. The summed E-state index contributed by atoms with van der Waals surface area (Å²) in [7, 11) is 0. The minimum Gasteiger partial charge on any atom is -0.348 e. The Morgan fingerprint density at radius 2 is 1.86 bits per heavy atom. The van der Waals surface area contributed by atoms with Crippen molar-refractivity contribution in [1.29, 1.82) is 0 Å². The molecular formula is C19H16F3N3O2S. The van der Waals surface area contributed by atoms with E-state index < -0.39 is 17.6 Å². The van der Waals surface area contributed by atoms with Crippen LogP contribution in [0.5, 0.6) is 0 Å². The largest absolute Gasteiger partial charge is 0.416 e. The van der Waals surface area contributed by atoms with Crippen molar-refractivity contribution in [2.75, 3.05) is 0 Å². The van der Waals surface area contributed by atoms with Gasteiger partial charge in [-0.3, -0.25) is 14.2 Å². The van der Waals surface area contributed by atoms with E-state index in [1.807, 2.05) is 0 Å². The van der Waals surface area contributed by atoms with E-state index >= 15 is 0 Å². The van der Waals surface area contributed by atoms with Crippen molar-refractivity contribution in [1.82, 2.24) is 14.9 Å². The van der Waals surface area contributed by atoms with Crippen molar-refractivity contribution in [3.8, 4) is 0 Å². The number of amides is 1. The van der Waals surface area contributed by atoms with Gasteiger partial charge in [-0.2, -0.15) is 13.2 Å². The van der Waals surface area contributed by atoms with Crippen molar-refractivity contribution < 1.29 is 18.0 Å². The summed E-state index contributed by atoms with van der Waals surface area (Å²) >= 11 is 5.15. The van der Waals surface area contributed by atoms with E-state index in [0.29, 0.717) is 28.6 Å². The maximum atomic E-state index is 12.6. The van der Waals surface area contributed by atoms with Gasteiger partial charge < -0.3 is 10.3 Å². The molecule has 0 fully saturated rings. The molecule has 9 heteroatoms. The summed E-state index contributed by atoms with van der Waals surface area (Å²) in [6.07, 6.45) is -4.40. The lowest BCUT2D eigenvalue weighted by Crippen LogP contribution is -2.24. The molecule has 1 aromatic heterocycles. The molecule has 5 nitrogen and oxygen atoms in total. The molecular weight excluding hydrogens is 391 g/mol. The van der Waals surface area contributed by atoms with E-state index in [-0.39, 0.29) is 16.9 Å². The first-order chi connectivity index (χ1) is 13.2. The van der Waals surface area contributed by atoms with Crippen LogP contribution in [-0.4, -0.2) is 15.5 Å². The predicted molar refractivity (Wildman–Crippen MR) is 102 cm³/mol. The third-order valence-corrected chi connectivity index (χ3v) is 4.62. The SMILES string of the molecule is CCn1c(=S)[nH]c2cc(C(=O)NCc3ccc(C(F)(F)F)cc3)ccc2c1=O. The second kappa shape index (κ2) is 7.59. The van der Waals surface area contributed by atoms with Crippen LogP contribution in [0.25, 0.3) is 10.9 Å². The number of carbonyl (C=O) groups excluding carboxylic acids is 1. The highest BCUT2D eigenvalue weighted by molar-refractivity contribution is 7.71. The monoisotopic (exact) mass is 407 g/mol. The summed E-state index contributed by atoms with van der Waals surface area (Å²) in [6, 6.07) is 9.15. The van der Waals surface area contributed by atoms with Crippen LogP contribution in [-0.2, 0) is 19.3 Å². The van der Waals surface area contributed by atoms with Crippen molar-refractivity contribution in [2.45, 2.75) is 26.2 Å². The molecule has 0 radical (unpaired) electrons. The number of benzene rings is 2. The minimum atomic E-state index is -4.40. The molecule has 0 aliphatic rings. The highest BCUT2D eigenvalue weighted by Gasteiger charge is 2.29. The predicted octanol–water partition coefficient (Wildman–Crippen LogP) is 4.03. The molecule has 28 heavy (non-hydrogen) atoms. The molecule has 0 aliphatic heterocycles. The van der Waals surface area contributed by atoms with Crippen molar-refractivity contribution >= 4 is 29.0 Å². The second-order valence-corrected chi connectivity index (χ2v) is 6.50. The molecule has 0 saturated carbocycles. The van der Waals surface area contributed by atoms with E-state index in [1.165, 1.54) is 28.8 Å². The Morgan fingerprint density at radius 1 is 1.18 bits per heavy atom. The number of aromatic amines is 1. The van der Waals surface area contributed by atoms with E-state index in [0.717, 1.165) is 12.1 Å². The zero-order valence-electron chi connectivity index (χ0n) is 14.8. The number of halogens is 3. The fraction of sp³-hybridized carbons (Fsp3) is 0.211. The first-order valence-electron chi connectivity index (χ1n) is 8.42. The van der Waals surface area contributed by atoms with Crippen molar-refractivity contribution in [3.63, 3.8) is 0 Å². The molecule has 0 unspecified atom stereocenters. The number of hydrogen-bond acceptors (Lipinski definition) is 3. The normalized spacial score (nSPS) is 11.6. The summed E-state index contributed by atoms with van der Waals surface area (Å²) in [5.41, 5.74) is 0.302. The van der Waals surface area contributed by atoms with Crippen LogP contribution >= 0.6 is 12.2 Å². The Morgan fingerprint density at radius 3 is 2.46 bits per heavy atom. The van der Waals surface area contributed by atoms with Gasteiger partial charge >= 0.3 is 6.18 Å². The van der Waals surface area contributed by atoms with Crippen LogP contribution in [0.2, 0.25) is 0 Å². The molecule has 3 rings (SSSR count). The fourth-order valence-electron chi connectivity index (χ4n) is 2.78. The molecule has 1 heterocycles. The lowest BCUT2D eigenvalue weighted by atomic mass is 10.1. The summed E-state index contributed by atoms with van der Waals surface area (Å²) in [6.45, 7) is 2.31. The van der Waals surface area contributed by atoms with Crippen LogP contribution in [0.3, 0.4) is 0 Å². The van der Waals surface area contributed by atoms with Gasteiger partial charge in [0.05, 0.1) is 16.5 Å². The molecule has 0 bridgehead atoms. The van der Waals surface area contributed by atoms with E-state index in [2.05, 4.69) is 10.3 Å². The highest BCUT2D eigenvalue weighted by Crippen LogP contribution is 2.29. The zero-order valence-corrected chi connectivity index (χ0v) is 15.6. The lowest BCUT2D eigenvalue weighted by molar-refractivity contribution is -0.137. The van der Waals surface area contributed by atoms with Gasteiger partial charge in [0.25, 0.3) is 11.5 Å². The number of fused-ring (bicyclic) bond motifs is 1.